The minimum absolute atomic E-state index is 0.242. The lowest BCUT2D eigenvalue weighted by molar-refractivity contribution is 0.351. The largest absolute Gasteiger partial charge is 0.493 e. The molecule has 4 nitrogen and oxygen atoms in total. The summed E-state index contributed by atoms with van der Waals surface area (Å²) in [6.45, 7) is 0. The summed E-state index contributed by atoms with van der Waals surface area (Å²) in [5.74, 6) is 1.07. The van der Waals surface area contributed by atoms with Crippen molar-refractivity contribution in [3.05, 3.63) is 33.7 Å². The molecule has 0 N–H and O–H groups in total. The van der Waals surface area contributed by atoms with E-state index in [1.807, 2.05) is 12.1 Å². The van der Waals surface area contributed by atoms with E-state index in [4.69, 9.17) is 13.9 Å². The molecule has 0 fully saturated rings. The Labute approximate surface area is 110 Å². The molecule has 1 aromatic heterocycles. The third-order valence-electron chi connectivity index (χ3n) is 3.73. The maximum Gasteiger partial charge on any atom is 0.339 e. The Balaban J connectivity index is 2.40. The zero-order valence-electron chi connectivity index (χ0n) is 11.1. The normalized spacial score (nSPS) is 14.2. The molecular formula is C15H16O4. The number of rotatable bonds is 2. The number of hydrogen-bond donors (Lipinski definition) is 0. The van der Waals surface area contributed by atoms with E-state index in [9.17, 15) is 4.79 Å². The third-order valence-corrected chi connectivity index (χ3v) is 3.73. The molecule has 1 aliphatic carbocycles. The fraction of sp³-hybridized carbons (Fsp3) is 0.400. The van der Waals surface area contributed by atoms with Crippen molar-refractivity contribution in [2.75, 3.05) is 14.2 Å². The Morgan fingerprint density at radius 3 is 2.47 bits per heavy atom. The topological polar surface area (TPSA) is 48.7 Å². The van der Waals surface area contributed by atoms with E-state index in [1.54, 1.807) is 14.2 Å². The van der Waals surface area contributed by atoms with Crippen molar-refractivity contribution in [2.24, 2.45) is 0 Å². The number of hydrogen-bond acceptors (Lipinski definition) is 4. The highest BCUT2D eigenvalue weighted by Crippen LogP contribution is 2.37. The van der Waals surface area contributed by atoms with Crippen LogP contribution in [0, 0.1) is 0 Å². The fourth-order valence-corrected chi connectivity index (χ4v) is 2.82. The quantitative estimate of drug-likeness (QED) is 0.779. The molecule has 0 bridgehead atoms. The Kier molecular flexibility index (Phi) is 2.93. The monoisotopic (exact) mass is 260 g/mol. The van der Waals surface area contributed by atoms with Crippen molar-refractivity contribution in [2.45, 2.75) is 25.7 Å². The highest BCUT2D eigenvalue weighted by molar-refractivity contribution is 5.88. The van der Waals surface area contributed by atoms with E-state index < -0.39 is 0 Å². The molecule has 0 unspecified atom stereocenters. The standard InChI is InChI=1S/C15H16O4/c1-17-12-8-7-10-9-5-3-4-6-11(9)15(16)19-13(10)14(12)18-2/h7-8H,3-6H2,1-2H3. The molecule has 0 saturated carbocycles. The second-order valence-electron chi connectivity index (χ2n) is 4.73. The highest BCUT2D eigenvalue weighted by atomic mass is 16.5. The van der Waals surface area contributed by atoms with Gasteiger partial charge in [-0.15, -0.1) is 0 Å². The predicted octanol–water partition coefficient (Wildman–Crippen LogP) is 2.69. The first-order valence-electron chi connectivity index (χ1n) is 6.45. The molecule has 0 amide bonds. The summed E-state index contributed by atoms with van der Waals surface area (Å²) < 4.78 is 16.0. The predicted molar refractivity (Wildman–Crippen MR) is 72.2 cm³/mol. The summed E-state index contributed by atoms with van der Waals surface area (Å²) in [6, 6.07) is 3.81. The summed E-state index contributed by atoms with van der Waals surface area (Å²) in [4.78, 5) is 12.1. The van der Waals surface area contributed by atoms with Crippen LogP contribution < -0.4 is 15.1 Å². The van der Waals surface area contributed by atoms with Gasteiger partial charge in [-0.25, -0.2) is 4.79 Å². The molecule has 0 saturated heterocycles. The maximum atomic E-state index is 12.1. The average Bonchev–Trinajstić information content (AvgIpc) is 2.46. The van der Waals surface area contributed by atoms with Crippen LogP contribution in [0.15, 0.2) is 21.3 Å². The third kappa shape index (κ3) is 1.79. The summed E-state index contributed by atoms with van der Waals surface area (Å²) in [6.07, 6.45) is 3.89. The van der Waals surface area contributed by atoms with Gasteiger partial charge in [0, 0.05) is 10.9 Å². The molecule has 19 heavy (non-hydrogen) atoms. The van der Waals surface area contributed by atoms with Crippen LogP contribution in [0.25, 0.3) is 11.0 Å². The number of ether oxygens (including phenoxy) is 2. The molecule has 100 valence electrons. The molecule has 3 rings (SSSR count). The van der Waals surface area contributed by atoms with Crippen LogP contribution in [0.2, 0.25) is 0 Å². The summed E-state index contributed by atoms with van der Waals surface area (Å²) in [5.41, 5.74) is 2.19. The Morgan fingerprint density at radius 1 is 1.05 bits per heavy atom. The summed E-state index contributed by atoms with van der Waals surface area (Å²) in [7, 11) is 3.12. The number of fused-ring (bicyclic) bond motifs is 3. The second-order valence-corrected chi connectivity index (χ2v) is 4.73. The number of aryl methyl sites for hydroxylation is 1. The van der Waals surface area contributed by atoms with Gasteiger partial charge < -0.3 is 13.9 Å². The molecule has 0 aliphatic heterocycles. The van der Waals surface area contributed by atoms with E-state index in [-0.39, 0.29) is 5.63 Å². The maximum absolute atomic E-state index is 12.1. The van der Waals surface area contributed by atoms with Crippen molar-refractivity contribution in [3.63, 3.8) is 0 Å². The Hall–Kier alpha value is -1.97. The van der Waals surface area contributed by atoms with E-state index >= 15 is 0 Å². The molecule has 1 heterocycles. The van der Waals surface area contributed by atoms with Crippen LogP contribution in [0.4, 0.5) is 0 Å². The minimum Gasteiger partial charge on any atom is -0.493 e. The van der Waals surface area contributed by atoms with Crippen molar-refractivity contribution < 1.29 is 13.9 Å². The van der Waals surface area contributed by atoms with E-state index in [0.717, 1.165) is 42.2 Å². The van der Waals surface area contributed by atoms with Crippen LogP contribution in [0.1, 0.15) is 24.0 Å². The van der Waals surface area contributed by atoms with Gasteiger partial charge in [0.15, 0.2) is 11.3 Å². The molecule has 4 heteroatoms. The van der Waals surface area contributed by atoms with E-state index in [0.29, 0.717) is 17.1 Å². The lowest BCUT2D eigenvalue weighted by atomic mass is 9.90. The zero-order valence-corrected chi connectivity index (χ0v) is 11.1. The molecule has 1 aliphatic rings. The van der Waals surface area contributed by atoms with Crippen molar-refractivity contribution >= 4 is 11.0 Å². The van der Waals surface area contributed by atoms with Gasteiger partial charge in [0.1, 0.15) is 0 Å². The summed E-state index contributed by atoms with van der Waals surface area (Å²) >= 11 is 0. The van der Waals surface area contributed by atoms with Crippen LogP contribution in [-0.4, -0.2) is 14.2 Å². The lowest BCUT2D eigenvalue weighted by Gasteiger charge is -2.17. The van der Waals surface area contributed by atoms with Gasteiger partial charge in [-0.2, -0.15) is 0 Å². The first kappa shape index (κ1) is 12.1. The van der Waals surface area contributed by atoms with Gasteiger partial charge in [0.05, 0.1) is 14.2 Å². The van der Waals surface area contributed by atoms with Gasteiger partial charge in [0.25, 0.3) is 0 Å². The molecule has 0 radical (unpaired) electrons. The van der Waals surface area contributed by atoms with E-state index in [1.165, 1.54) is 0 Å². The van der Waals surface area contributed by atoms with E-state index in [2.05, 4.69) is 0 Å². The second kappa shape index (κ2) is 4.61. The molecule has 1 aromatic carbocycles. The fourth-order valence-electron chi connectivity index (χ4n) is 2.82. The van der Waals surface area contributed by atoms with Gasteiger partial charge in [-0.3, -0.25) is 0 Å². The molecule has 0 atom stereocenters. The SMILES string of the molecule is COc1ccc2c3c(c(=O)oc2c1OC)CCCC3. The van der Waals surface area contributed by atoms with Crippen molar-refractivity contribution in [3.8, 4) is 11.5 Å². The van der Waals surface area contributed by atoms with Crippen LogP contribution in [0.5, 0.6) is 11.5 Å². The lowest BCUT2D eigenvalue weighted by Crippen LogP contribution is -2.16. The molecule has 2 aromatic rings. The van der Waals surface area contributed by atoms with Crippen LogP contribution in [0.3, 0.4) is 0 Å². The first-order valence-corrected chi connectivity index (χ1v) is 6.45. The number of benzene rings is 1. The molecule has 0 spiro atoms. The average molecular weight is 260 g/mol. The molecular weight excluding hydrogens is 244 g/mol. The highest BCUT2D eigenvalue weighted by Gasteiger charge is 2.21. The number of methoxy groups -OCH3 is 2. The van der Waals surface area contributed by atoms with Crippen LogP contribution >= 0.6 is 0 Å². The summed E-state index contributed by atoms with van der Waals surface area (Å²) in [5, 5.41) is 0.965. The Bertz CT molecular complexity index is 685. The van der Waals surface area contributed by atoms with Gasteiger partial charge in [-0.05, 0) is 43.4 Å². The van der Waals surface area contributed by atoms with Gasteiger partial charge in [0.2, 0.25) is 5.75 Å². The van der Waals surface area contributed by atoms with Gasteiger partial charge >= 0.3 is 5.63 Å². The Morgan fingerprint density at radius 2 is 1.79 bits per heavy atom. The van der Waals surface area contributed by atoms with Crippen molar-refractivity contribution in [1.82, 2.24) is 0 Å². The van der Waals surface area contributed by atoms with Crippen LogP contribution in [-0.2, 0) is 12.8 Å². The first-order chi connectivity index (χ1) is 9.26. The smallest absolute Gasteiger partial charge is 0.339 e. The van der Waals surface area contributed by atoms with Gasteiger partial charge in [-0.1, -0.05) is 0 Å². The zero-order chi connectivity index (χ0) is 13.4. The minimum atomic E-state index is -0.242. The van der Waals surface area contributed by atoms with Crippen molar-refractivity contribution in [1.29, 1.82) is 0 Å².